The highest BCUT2D eigenvalue weighted by atomic mass is 16.5. The number of rotatable bonds is 4. The number of nitrogens with zero attached hydrogens (tertiary/aromatic N) is 3. The number of methoxy groups -OCH3 is 1. The molecule has 0 N–H and O–H groups in total. The van der Waals surface area contributed by atoms with Crippen molar-refractivity contribution < 1.29 is 4.74 Å². The van der Waals surface area contributed by atoms with Gasteiger partial charge in [-0.1, -0.05) is 0 Å². The van der Waals surface area contributed by atoms with E-state index in [4.69, 9.17) is 4.74 Å². The molecule has 0 aromatic carbocycles. The first-order chi connectivity index (χ1) is 8.86. The summed E-state index contributed by atoms with van der Waals surface area (Å²) >= 11 is 0. The molecular weight excluding hydrogens is 226 g/mol. The number of anilines is 1. The van der Waals surface area contributed by atoms with E-state index in [1.54, 1.807) is 7.11 Å². The first kappa shape index (κ1) is 11.9. The van der Waals surface area contributed by atoms with Gasteiger partial charge in [-0.3, -0.25) is 0 Å². The Morgan fingerprint density at radius 1 is 1.11 bits per heavy atom. The molecule has 0 amide bonds. The lowest BCUT2D eigenvalue weighted by Crippen LogP contribution is -2.35. The molecule has 2 heterocycles. The van der Waals surface area contributed by atoms with Crippen molar-refractivity contribution in [1.82, 2.24) is 9.97 Å². The van der Waals surface area contributed by atoms with E-state index in [0.29, 0.717) is 6.61 Å². The summed E-state index contributed by atoms with van der Waals surface area (Å²) in [5.74, 6) is 2.88. The predicted octanol–water partition coefficient (Wildman–Crippen LogP) is 2.25. The molecule has 3 rings (SSSR count). The minimum atomic E-state index is 0.587. The molecule has 98 valence electrons. The Morgan fingerprint density at radius 3 is 2.28 bits per heavy atom. The normalized spacial score (nSPS) is 21.3. The molecule has 4 nitrogen and oxygen atoms in total. The van der Waals surface area contributed by atoms with Crippen LogP contribution < -0.4 is 4.90 Å². The summed E-state index contributed by atoms with van der Waals surface area (Å²) in [5.41, 5.74) is 1.04. The van der Waals surface area contributed by atoms with Crippen LogP contribution in [-0.2, 0) is 11.3 Å². The summed E-state index contributed by atoms with van der Waals surface area (Å²) in [5, 5.41) is 0. The highest BCUT2D eigenvalue weighted by Gasteiger charge is 2.33. The Hall–Kier alpha value is -1.16. The van der Waals surface area contributed by atoms with E-state index in [9.17, 15) is 0 Å². The fraction of sp³-hybridized carbons (Fsp3) is 0.714. The molecule has 2 aliphatic rings. The largest absolute Gasteiger partial charge is 0.380 e. The van der Waals surface area contributed by atoms with Crippen LogP contribution in [0.3, 0.4) is 0 Å². The van der Waals surface area contributed by atoms with E-state index in [0.717, 1.165) is 36.4 Å². The van der Waals surface area contributed by atoms with Gasteiger partial charge < -0.3 is 9.64 Å². The number of hydrogen-bond donors (Lipinski definition) is 0. The first-order valence-corrected chi connectivity index (χ1v) is 6.91. The molecule has 1 aliphatic carbocycles. The van der Waals surface area contributed by atoms with E-state index in [2.05, 4.69) is 14.9 Å². The topological polar surface area (TPSA) is 38.2 Å². The maximum absolute atomic E-state index is 5.07. The second kappa shape index (κ2) is 5.22. The maximum Gasteiger partial charge on any atom is 0.225 e. The molecule has 1 aromatic rings. The van der Waals surface area contributed by atoms with Crippen LogP contribution >= 0.6 is 0 Å². The third kappa shape index (κ3) is 2.64. The minimum absolute atomic E-state index is 0.587. The molecule has 1 saturated heterocycles. The summed E-state index contributed by atoms with van der Waals surface area (Å²) in [6.07, 6.45) is 9.30. The van der Waals surface area contributed by atoms with Gasteiger partial charge in [-0.25, -0.2) is 9.97 Å². The van der Waals surface area contributed by atoms with Gasteiger partial charge in [0.2, 0.25) is 5.95 Å². The summed E-state index contributed by atoms with van der Waals surface area (Å²) < 4.78 is 5.07. The van der Waals surface area contributed by atoms with Crippen LogP contribution in [-0.4, -0.2) is 30.2 Å². The Balaban J connectivity index is 1.57. The fourth-order valence-electron chi connectivity index (χ4n) is 2.89. The Labute approximate surface area is 108 Å². The molecule has 0 unspecified atom stereocenters. The third-order valence-corrected chi connectivity index (χ3v) is 4.11. The van der Waals surface area contributed by atoms with Crippen molar-refractivity contribution in [3.8, 4) is 0 Å². The minimum Gasteiger partial charge on any atom is -0.380 e. The van der Waals surface area contributed by atoms with Crippen LogP contribution in [0.2, 0.25) is 0 Å². The molecule has 0 atom stereocenters. The van der Waals surface area contributed by atoms with Gasteiger partial charge in [-0.2, -0.15) is 0 Å². The molecule has 1 aliphatic heterocycles. The van der Waals surface area contributed by atoms with Gasteiger partial charge in [0.15, 0.2) is 0 Å². The summed E-state index contributed by atoms with van der Waals surface area (Å²) in [7, 11) is 1.69. The molecule has 1 aromatic heterocycles. The van der Waals surface area contributed by atoms with E-state index < -0.39 is 0 Å². The van der Waals surface area contributed by atoms with Crippen molar-refractivity contribution >= 4 is 5.95 Å². The van der Waals surface area contributed by atoms with Gasteiger partial charge in [0.1, 0.15) is 0 Å². The van der Waals surface area contributed by atoms with Crippen LogP contribution in [0.4, 0.5) is 5.95 Å². The van der Waals surface area contributed by atoms with E-state index in [1.165, 1.54) is 25.7 Å². The Kier molecular flexibility index (Phi) is 3.46. The monoisotopic (exact) mass is 247 g/mol. The van der Waals surface area contributed by atoms with Crippen LogP contribution in [0.1, 0.15) is 31.2 Å². The highest BCUT2D eigenvalue weighted by molar-refractivity contribution is 5.30. The van der Waals surface area contributed by atoms with Gasteiger partial charge in [-0.05, 0) is 37.5 Å². The van der Waals surface area contributed by atoms with Crippen LogP contribution in [0.25, 0.3) is 0 Å². The number of aromatic nitrogens is 2. The smallest absolute Gasteiger partial charge is 0.225 e. The molecule has 0 spiro atoms. The van der Waals surface area contributed by atoms with E-state index >= 15 is 0 Å². The molecule has 1 saturated carbocycles. The first-order valence-electron chi connectivity index (χ1n) is 6.91. The third-order valence-electron chi connectivity index (χ3n) is 4.11. The summed E-state index contributed by atoms with van der Waals surface area (Å²) in [6, 6.07) is 0. The van der Waals surface area contributed by atoms with E-state index in [1.807, 2.05) is 12.4 Å². The van der Waals surface area contributed by atoms with Crippen molar-refractivity contribution in [1.29, 1.82) is 0 Å². The summed E-state index contributed by atoms with van der Waals surface area (Å²) in [6.45, 7) is 2.82. The number of hydrogen-bond acceptors (Lipinski definition) is 4. The second-order valence-corrected chi connectivity index (χ2v) is 5.49. The lowest BCUT2D eigenvalue weighted by Gasteiger charge is -2.32. The lowest BCUT2D eigenvalue weighted by molar-refractivity contribution is 0.184. The molecule has 4 heteroatoms. The van der Waals surface area contributed by atoms with Gasteiger partial charge in [0.25, 0.3) is 0 Å². The zero-order valence-electron chi connectivity index (χ0n) is 11.0. The SMILES string of the molecule is COCc1cnc(N2CCC(C3CC3)CC2)nc1. The van der Waals surface area contributed by atoms with Crippen LogP contribution in [0.15, 0.2) is 12.4 Å². The predicted molar refractivity (Wildman–Crippen MR) is 70.4 cm³/mol. The average molecular weight is 247 g/mol. The molecular formula is C14H21N3O. The van der Waals surface area contributed by atoms with Crippen LogP contribution in [0, 0.1) is 11.8 Å². The molecule has 0 bridgehead atoms. The van der Waals surface area contributed by atoms with Crippen molar-refractivity contribution in [2.45, 2.75) is 32.3 Å². The lowest BCUT2D eigenvalue weighted by atomic mass is 9.92. The van der Waals surface area contributed by atoms with Crippen molar-refractivity contribution in [2.75, 3.05) is 25.1 Å². The quantitative estimate of drug-likeness (QED) is 0.818. The summed E-state index contributed by atoms with van der Waals surface area (Å²) in [4.78, 5) is 11.2. The maximum atomic E-state index is 5.07. The van der Waals surface area contributed by atoms with Crippen molar-refractivity contribution in [3.63, 3.8) is 0 Å². The van der Waals surface area contributed by atoms with Gasteiger partial charge in [-0.15, -0.1) is 0 Å². The van der Waals surface area contributed by atoms with Crippen molar-refractivity contribution in [3.05, 3.63) is 18.0 Å². The van der Waals surface area contributed by atoms with E-state index in [-0.39, 0.29) is 0 Å². The zero-order chi connectivity index (χ0) is 12.4. The molecule has 2 fully saturated rings. The average Bonchev–Trinajstić information content (AvgIpc) is 3.25. The van der Waals surface area contributed by atoms with Gasteiger partial charge >= 0.3 is 0 Å². The number of ether oxygens (including phenoxy) is 1. The zero-order valence-corrected chi connectivity index (χ0v) is 11.0. The molecule has 18 heavy (non-hydrogen) atoms. The van der Waals surface area contributed by atoms with Crippen molar-refractivity contribution in [2.24, 2.45) is 11.8 Å². The second-order valence-electron chi connectivity index (χ2n) is 5.49. The van der Waals surface area contributed by atoms with Crippen LogP contribution in [0.5, 0.6) is 0 Å². The highest BCUT2D eigenvalue weighted by Crippen LogP contribution is 2.41. The Morgan fingerprint density at radius 2 is 1.72 bits per heavy atom. The fourth-order valence-corrected chi connectivity index (χ4v) is 2.89. The van der Waals surface area contributed by atoms with Gasteiger partial charge in [0.05, 0.1) is 6.61 Å². The number of piperidine rings is 1. The van der Waals surface area contributed by atoms with Gasteiger partial charge in [0, 0.05) is 38.2 Å². The molecule has 0 radical (unpaired) electrons. The standard InChI is InChI=1S/C14H21N3O/c1-18-10-11-8-15-14(16-9-11)17-6-4-13(5-7-17)12-2-3-12/h8-9,12-13H,2-7,10H2,1H3. The Bertz CT molecular complexity index is 381.